The van der Waals surface area contributed by atoms with E-state index in [2.05, 4.69) is 15.1 Å². The topological polar surface area (TPSA) is 92.4 Å². The van der Waals surface area contributed by atoms with E-state index in [1.54, 1.807) is 37.4 Å². The lowest BCUT2D eigenvalue weighted by atomic mass is 10.1. The van der Waals surface area contributed by atoms with Crippen molar-refractivity contribution in [3.05, 3.63) is 60.0 Å². The summed E-state index contributed by atoms with van der Waals surface area (Å²) >= 11 is 0. The van der Waals surface area contributed by atoms with Gasteiger partial charge in [-0.05, 0) is 30.7 Å². The highest BCUT2D eigenvalue weighted by Gasteiger charge is 2.29. The molecule has 10 heteroatoms. The van der Waals surface area contributed by atoms with Crippen LogP contribution in [0.2, 0.25) is 0 Å². The second-order valence-corrected chi connectivity index (χ2v) is 8.78. The van der Waals surface area contributed by atoms with Gasteiger partial charge >= 0.3 is 0 Å². The first-order valence-corrected chi connectivity index (χ1v) is 10.6. The molecule has 2 aromatic heterocycles. The number of sulfonamides is 1. The molecule has 0 N–H and O–H groups in total. The molecule has 1 aliphatic heterocycles. The van der Waals surface area contributed by atoms with Gasteiger partial charge in [-0.3, -0.25) is 9.88 Å². The molecule has 3 heterocycles. The van der Waals surface area contributed by atoms with Gasteiger partial charge < -0.3 is 4.52 Å². The van der Waals surface area contributed by atoms with Crippen LogP contribution in [0.3, 0.4) is 0 Å². The monoisotopic (exact) mass is 417 g/mol. The van der Waals surface area contributed by atoms with E-state index in [1.807, 2.05) is 4.90 Å². The number of halogens is 1. The van der Waals surface area contributed by atoms with Crippen LogP contribution in [0.1, 0.15) is 11.5 Å². The third-order valence-electron chi connectivity index (χ3n) is 4.86. The molecule has 0 aliphatic carbocycles. The van der Waals surface area contributed by atoms with Gasteiger partial charge in [0.2, 0.25) is 21.7 Å². The summed E-state index contributed by atoms with van der Waals surface area (Å²) in [5.74, 6) is 0.418. The van der Waals surface area contributed by atoms with Crippen molar-refractivity contribution in [2.45, 2.75) is 18.4 Å². The average molecular weight is 417 g/mol. The molecule has 4 rings (SSSR count). The summed E-state index contributed by atoms with van der Waals surface area (Å²) in [6.07, 6.45) is 2.90. The highest BCUT2D eigenvalue weighted by molar-refractivity contribution is 7.89. The fraction of sp³-hybridized carbons (Fsp3) is 0.316. The average Bonchev–Trinajstić information content (AvgIpc) is 3.19. The molecule has 1 aliphatic rings. The summed E-state index contributed by atoms with van der Waals surface area (Å²) in [7, 11) is -3.54. The Morgan fingerprint density at radius 1 is 1.17 bits per heavy atom. The first-order chi connectivity index (χ1) is 13.9. The highest BCUT2D eigenvalue weighted by atomic mass is 32.2. The molecule has 0 bridgehead atoms. The summed E-state index contributed by atoms with van der Waals surface area (Å²) in [6.45, 7) is 3.90. The Morgan fingerprint density at radius 3 is 2.66 bits per heavy atom. The van der Waals surface area contributed by atoms with Gasteiger partial charge in [0.25, 0.3) is 0 Å². The van der Waals surface area contributed by atoms with Crippen molar-refractivity contribution < 1.29 is 17.3 Å². The van der Waals surface area contributed by atoms with Crippen LogP contribution >= 0.6 is 0 Å². The summed E-state index contributed by atoms with van der Waals surface area (Å²) in [4.78, 5) is 10.5. The molecular formula is C19H20FN5O3S. The number of hydrogen-bond acceptors (Lipinski definition) is 7. The van der Waals surface area contributed by atoms with Crippen LogP contribution in [0.15, 0.2) is 52.1 Å². The van der Waals surface area contributed by atoms with Gasteiger partial charge in [-0.1, -0.05) is 17.3 Å². The molecule has 0 spiro atoms. The fourth-order valence-electron chi connectivity index (χ4n) is 3.14. The molecule has 8 nitrogen and oxygen atoms in total. The third-order valence-corrected chi connectivity index (χ3v) is 6.74. The van der Waals surface area contributed by atoms with Crippen molar-refractivity contribution >= 4 is 10.0 Å². The molecule has 0 radical (unpaired) electrons. The molecule has 1 saturated heterocycles. The molecule has 29 heavy (non-hydrogen) atoms. The van der Waals surface area contributed by atoms with Gasteiger partial charge in [0.05, 0.1) is 6.54 Å². The minimum atomic E-state index is -3.54. The number of nitrogens with zero attached hydrogens (tertiary/aromatic N) is 5. The number of aryl methyl sites for hydroxylation is 1. The number of rotatable bonds is 5. The van der Waals surface area contributed by atoms with Gasteiger partial charge in [0, 0.05) is 44.1 Å². The van der Waals surface area contributed by atoms with E-state index in [1.165, 1.54) is 16.6 Å². The minimum absolute atomic E-state index is 0.195. The summed E-state index contributed by atoms with van der Waals surface area (Å²) in [5.41, 5.74) is 1.10. The number of pyridine rings is 1. The predicted molar refractivity (Wildman–Crippen MR) is 103 cm³/mol. The van der Waals surface area contributed by atoms with E-state index in [0.717, 1.165) is 0 Å². The van der Waals surface area contributed by atoms with Crippen LogP contribution < -0.4 is 0 Å². The maximum absolute atomic E-state index is 13.7. The molecule has 0 atom stereocenters. The molecular weight excluding hydrogens is 397 g/mol. The van der Waals surface area contributed by atoms with Crippen LogP contribution in [0.5, 0.6) is 0 Å². The molecule has 0 saturated carbocycles. The molecule has 3 aromatic rings. The van der Waals surface area contributed by atoms with E-state index < -0.39 is 10.0 Å². The number of aromatic nitrogens is 3. The van der Waals surface area contributed by atoms with Crippen molar-refractivity contribution in [3.8, 4) is 11.4 Å². The van der Waals surface area contributed by atoms with Crippen LogP contribution in [-0.2, 0) is 16.6 Å². The smallest absolute Gasteiger partial charge is 0.244 e. The maximum Gasteiger partial charge on any atom is 0.244 e. The summed E-state index contributed by atoms with van der Waals surface area (Å²) in [5, 5.41) is 3.92. The molecule has 0 amide bonds. The highest BCUT2D eigenvalue weighted by Crippen LogP contribution is 2.21. The number of hydrogen-bond donors (Lipinski definition) is 0. The van der Waals surface area contributed by atoms with E-state index in [-0.39, 0.29) is 10.7 Å². The lowest BCUT2D eigenvalue weighted by molar-refractivity contribution is 0.163. The van der Waals surface area contributed by atoms with E-state index >= 15 is 0 Å². The maximum atomic E-state index is 13.7. The van der Waals surface area contributed by atoms with Gasteiger partial charge in [-0.15, -0.1) is 0 Å². The zero-order chi connectivity index (χ0) is 20.4. The normalized spacial score (nSPS) is 16.2. The van der Waals surface area contributed by atoms with Crippen LogP contribution in [0, 0.1) is 12.7 Å². The van der Waals surface area contributed by atoms with Gasteiger partial charge in [-0.2, -0.15) is 9.29 Å². The van der Waals surface area contributed by atoms with Crippen molar-refractivity contribution in [2.75, 3.05) is 26.2 Å². The Kier molecular flexibility index (Phi) is 5.39. The largest absolute Gasteiger partial charge is 0.338 e. The minimum Gasteiger partial charge on any atom is -0.338 e. The molecule has 1 fully saturated rings. The molecule has 0 unspecified atom stereocenters. The SMILES string of the molecule is Cc1ccc(-c2noc(CN3CCN(S(=O)(=O)c4cccnc4)CC3)n2)cc1F. The van der Waals surface area contributed by atoms with Crippen molar-refractivity contribution in [3.63, 3.8) is 0 Å². The quantitative estimate of drug-likeness (QED) is 0.628. The van der Waals surface area contributed by atoms with Crippen molar-refractivity contribution in [1.29, 1.82) is 0 Å². The Hall–Kier alpha value is -2.69. The van der Waals surface area contributed by atoms with E-state index in [4.69, 9.17) is 4.52 Å². The zero-order valence-corrected chi connectivity index (χ0v) is 16.6. The summed E-state index contributed by atoms with van der Waals surface area (Å²) < 4.78 is 45.8. The number of piperazine rings is 1. The standard InChI is InChI=1S/C19H20FN5O3S/c1-14-4-5-15(11-17(14)20)19-22-18(28-23-19)13-24-7-9-25(10-8-24)29(26,27)16-3-2-6-21-12-16/h2-6,11-12H,7-10,13H2,1H3. The van der Waals surface area contributed by atoms with Gasteiger partial charge in [0.15, 0.2) is 0 Å². The third kappa shape index (κ3) is 4.19. The second-order valence-electron chi connectivity index (χ2n) is 6.84. The lowest BCUT2D eigenvalue weighted by Crippen LogP contribution is -2.48. The lowest BCUT2D eigenvalue weighted by Gasteiger charge is -2.33. The molecule has 152 valence electrons. The predicted octanol–water partition coefficient (Wildman–Crippen LogP) is 2.09. The fourth-order valence-corrected chi connectivity index (χ4v) is 4.52. The van der Waals surface area contributed by atoms with Crippen molar-refractivity contribution in [1.82, 2.24) is 24.3 Å². The van der Waals surface area contributed by atoms with Gasteiger partial charge in [-0.25, -0.2) is 12.8 Å². The molecule has 1 aromatic carbocycles. The zero-order valence-electron chi connectivity index (χ0n) is 15.8. The summed E-state index contributed by atoms with van der Waals surface area (Å²) in [6, 6.07) is 7.95. The second kappa shape index (κ2) is 7.97. The Balaban J connectivity index is 1.38. The number of benzene rings is 1. The van der Waals surface area contributed by atoms with E-state index in [0.29, 0.717) is 55.6 Å². The van der Waals surface area contributed by atoms with Crippen LogP contribution in [-0.4, -0.2) is 58.9 Å². The van der Waals surface area contributed by atoms with Crippen LogP contribution in [0.25, 0.3) is 11.4 Å². The van der Waals surface area contributed by atoms with Gasteiger partial charge in [0.1, 0.15) is 10.7 Å². The Bertz CT molecular complexity index is 1100. The van der Waals surface area contributed by atoms with Crippen molar-refractivity contribution in [2.24, 2.45) is 0 Å². The first kappa shape index (κ1) is 19.6. The van der Waals surface area contributed by atoms with E-state index in [9.17, 15) is 12.8 Å². The first-order valence-electron chi connectivity index (χ1n) is 9.15. The Labute approximate surface area is 168 Å². The van der Waals surface area contributed by atoms with Crippen LogP contribution in [0.4, 0.5) is 4.39 Å². The Morgan fingerprint density at radius 2 is 1.97 bits per heavy atom.